The van der Waals surface area contributed by atoms with Gasteiger partial charge >= 0.3 is 0 Å². The van der Waals surface area contributed by atoms with Crippen molar-refractivity contribution in [1.82, 2.24) is 14.5 Å². The van der Waals surface area contributed by atoms with Gasteiger partial charge in [0.1, 0.15) is 0 Å². The average Bonchev–Trinajstić information content (AvgIpc) is 2.90. The molecule has 0 aliphatic carbocycles. The Hall–Kier alpha value is -2.20. The van der Waals surface area contributed by atoms with Gasteiger partial charge in [0.25, 0.3) is 0 Å². The topological polar surface area (TPSA) is 56.7 Å². The van der Waals surface area contributed by atoms with Crippen molar-refractivity contribution in [2.75, 3.05) is 6.54 Å². The summed E-state index contributed by atoms with van der Waals surface area (Å²) >= 11 is 0. The van der Waals surface area contributed by atoms with Crippen LogP contribution in [0.1, 0.15) is 55.6 Å². The fourth-order valence-corrected chi connectivity index (χ4v) is 3.55. The van der Waals surface area contributed by atoms with Gasteiger partial charge < -0.3 is 10.3 Å². The fourth-order valence-electron chi connectivity index (χ4n) is 3.55. The molecular weight excluding hydrogens is 320 g/mol. The summed E-state index contributed by atoms with van der Waals surface area (Å²) in [5.74, 6) is 0.405. The SMILES string of the molecule is CCCn1cc(C)c2nc(-c3ccc(C(C)C)nc3CCN)c(C)cc21. The van der Waals surface area contributed by atoms with E-state index in [9.17, 15) is 0 Å². The molecule has 4 heteroatoms. The first kappa shape index (κ1) is 18.6. The van der Waals surface area contributed by atoms with Gasteiger partial charge in [0.05, 0.1) is 22.4 Å². The number of aromatic nitrogens is 3. The maximum atomic E-state index is 5.86. The van der Waals surface area contributed by atoms with Gasteiger partial charge in [-0.2, -0.15) is 0 Å². The summed E-state index contributed by atoms with van der Waals surface area (Å²) < 4.78 is 2.31. The first-order valence-electron chi connectivity index (χ1n) is 9.63. The molecule has 0 aliphatic rings. The third-order valence-electron chi connectivity index (χ3n) is 4.91. The predicted molar refractivity (Wildman–Crippen MR) is 110 cm³/mol. The van der Waals surface area contributed by atoms with Gasteiger partial charge in [-0.05, 0) is 62.1 Å². The molecule has 0 aliphatic heterocycles. The van der Waals surface area contributed by atoms with Crippen LogP contribution in [0.5, 0.6) is 0 Å². The van der Waals surface area contributed by atoms with Crippen molar-refractivity contribution < 1.29 is 0 Å². The Kier molecular flexibility index (Phi) is 5.42. The van der Waals surface area contributed by atoms with Crippen LogP contribution in [-0.4, -0.2) is 21.1 Å². The smallest absolute Gasteiger partial charge is 0.0917 e. The van der Waals surface area contributed by atoms with Crippen molar-refractivity contribution in [2.24, 2.45) is 5.73 Å². The minimum atomic E-state index is 0.405. The molecule has 4 nitrogen and oxygen atoms in total. The van der Waals surface area contributed by atoms with E-state index in [0.29, 0.717) is 12.5 Å². The standard InChI is InChI=1S/C22H30N4/c1-6-11-26-13-16(5)22-20(26)12-15(4)21(25-22)17-7-8-18(14(2)3)24-19(17)9-10-23/h7-8,12-14H,6,9-11,23H2,1-5H3. The number of nitrogens with zero attached hydrogens (tertiary/aromatic N) is 3. The number of hydrogen-bond acceptors (Lipinski definition) is 3. The molecule has 0 bridgehead atoms. The highest BCUT2D eigenvalue weighted by atomic mass is 15.0. The average molecular weight is 351 g/mol. The van der Waals surface area contributed by atoms with E-state index in [1.807, 2.05) is 0 Å². The lowest BCUT2D eigenvalue weighted by molar-refractivity contribution is 0.702. The van der Waals surface area contributed by atoms with Crippen LogP contribution in [0.4, 0.5) is 0 Å². The Morgan fingerprint density at radius 3 is 2.54 bits per heavy atom. The number of fused-ring (bicyclic) bond motifs is 1. The van der Waals surface area contributed by atoms with E-state index in [1.165, 1.54) is 16.6 Å². The molecular formula is C22H30N4. The highest BCUT2D eigenvalue weighted by Crippen LogP contribution is 2.30. The second-order valence-electron chi connectivity index (χ2n) is 7.45. The van der Waals surface area contributed by atoms with E-state index in [0.717, 1.165) is 47.5 Å². The van der Waals surface area contributed by atoms with Crippen LogP contribution in [0.3, 0.4) is 0 Å². The van der Waals surface area contributed by atoms with Crippen LogP contribution in [0, 0.1) is 13.8 Å². The van der Waals surface area contributed by atoms with Crippen molar-refractivity contribution >= 4 is 11.0 Å². The third-order valence-corrected chi connectivity index (χ3v) is 4.91. The van der Waals surface area contributed by atoms with E-state index in [-0.39, 0.29) is 0 Å². The monoisotopic (exact) mass is 350 g/mol. The van der Waals surface area contributed by atoms with Crippen molar-refractivity contribution in [2.45, 2.75) is 59.9 Å². The van der Waals surface area contributed by atoms with Gasteiger partial charge in [0, 0.05) is 30.4 Å². The van der Waals surface area contributed by atoms with Gasteiger partial charge in [-0.1, -0.05) is 20.8 Å². The van der Waals surface area contributed by atoms with Crippen LogP contribution < -0.4 is 5.73 Å². The molecule has 0 atom stereocenters. The summed E-state index contributed by atoms with van der Waals surface area (Å²) in [4.78, 5) is 9.95. The lowest BCUT2D eigenvalue weighted by Gasteiger charge is -2.14. The van der Waals surface area contributed by atoms with Crippen LogP contribution >= 0.6 is 0 Å². The zero-order chi connectivity index (χ0) is 18.8. The summed E-state index contributed by atoms with van der Waals surface area (Å²) in [6, 6.07) is 6.57. The normalized spacial score (nSPS) is 11.7. The quantitative estimate of drug-likeness (QED) is 0.698. The van der Waals surface area contributed by atoms with Crippen molar-refractivity contribution in [3.05, 3.63) is 46.9 Å². The van der Waals surface area contributed by atoms with Crippen LogP contribution in [-0.2, 0) is 13.0 Å². The Balaban J connectivity index is 2.19. The zero-order valence-electron chi connectivity index (χ0n) is 16.6. The Labute approximate surface area is 156 Å². The highest BCUT2D eigenvalue weighted by Gasteiger charge is 2.16. The molecule has 138 valence electrons. The molecule has 0 saturated heterocycles. The summed E-state index contributed by atoms with van der Waals surface area (Å²) in [5, 5.41) is 0. The Morgan fingerprint density at radius 2 is 1.88 bits per heavy atom. The maximum Gasteiger partial charge on any atom is 0.0917 e. The minimum Gasteiger partial charge on any atom is -0.346 e. The Bertz CT molecular complexity index is 922. The van der Waals surface area contributed by atoms with Gasteiger partial charge in [-0.15, -0.1) is 0 Å². The molecule has 3 aromatic heterocycles. The number of rotatable bonds is 6. The molecule has 0 radical (unpaired) electrons. The fraction of sp³-hybridized carbons (Fsp3) is 0.455. The van der Waals surface area contributed by atoms with E-state index in [1.54, 1.807) is 0 Å². The van der Waals surface area contributed by atoms with Crippen LogP contribution in [0.2, 0.25) is 0 Å². The summed E-state index contributed by atoms with van der Waals surface area (Å²) in [6.45, 7) is 12.4. The largest absolute Gasteiger partial charge is 0.346 e. The number of pyridine rings is 2. The second-order valence-corrected chi connectivity index (χ2v) is 7.45. The number of nitrogens with two attached hydrogens (primary N) is 1. The van der Waals surface area contributed by atoms with Crippen molar-refractivity contribution in [1.29, 1.82) is 0 Å². The molecule has 3 heterocycles. The summed E-state index contributed by atoms with van der Waals surface area (Å²) in [5.41, 5.74) is 14.9. The molecule has 0 saturated carbocycles. The van der Waals surface area contributed by atoms with Crippen molar-refractivity contribution in [3.63, 3.8) is 0 Å². The van der Waals surface area contributed by atoms with Gasteiger partial charge in [0.15, 0.2) is 0 Å². The molecule has 0 fully saturated rings. The van der Waals surface area contributed by atoms with E-state index < -0.39 is 0 Å². The molecule has 0 amide bonds. The highest BCUT2D eigenvalue weighted by molar-refractivity contribution is 5.84. The molecule has 0 aromatic carbocycles. The van der Waals surface area contributed by atoms with Crippen LogP contribution in [0.25, 0.3) is 22.3 Å². The van der Waals surface area contributed by atoms with E-state index in [4.69, 9.17) is 15.7 Å². The minimum absolute atomic E-state index is 0.405. The van der Waals surface area contributed by atoms with Gasteiger partial charge in [-0.25, -0.2) is 4.98 Å². The lowest BCUT2D eigenvalue weighted by Crippen LogP contribution is -2.09. The molecule has 3 rings (SSSR count). The second kappa shape index (κ2) is 7.58. The molecule has 3 aromatic rings. The number of aryl methyl sites for hydroxylation is 3. The molecule has 2 N–H and O–H groups in total. The zero-order valence-corrected chi connectivity index (χ0v) is 16.6. The first-order valence-corrected chi connectivity index (χ1v) is 9.63. The summed E-state index contributed by atoms with van der Waals surface area (Å²) in [7, 11) is 0. The summed E-state index contributed by atoms with van der Waals surface area (Å²) in [6.07, 6.45) is 4.10. The van der Waals surface area contributed by atoms with Crippen molar-refractivity contribution in [3.8, 4) is 11.3 Å². The molecule has 26 heavy (non-hydrogen) atoms. The van der Waals surface area contributed by atoms with E-state index >= 15 is 0 Å². The molecule has 0 unspecified atom stereocenters. The van der Waals surface area contributed by atoms with Gasteiger partial charge in [0.2, 0.25) is 0 Å². The number of hydrogen-bond donors (Lipinski definition) is 1. The predicted octanol–water partition coefficient (Wildman–Crippen LogP) is 4.75. The maximum absolute atomic E-state index is 5.86. The molecule has 0 spiro atoms. The van der Waals surface area contributed by atoms with Gasteiger partial charge in [-0.3, -0.25) is 4.98 Å². The van der Waals surface area contributed by atoms with Crippen LogP contribution in [0.15, 0.2) is 24.4 Å². The Morgan fingerprint density at radius 1 is 1.12 bits per heavy atom. The lowest BCUT2D eigenvalue weighted by atomic mass is 10.00. The van der Waals surface area contributed by atoms with E-state index in [2.05, 4.69) is 63.6 Å². The third kappa shape index (κ3) is 3.38. The first-order chi connectivity index (χ1) is 12.5.